The molecule has 0 atom stereocenters. The van der Waals surface area contributed by atoms with Gasteiger partial charge in [0.05, 0.1) is 5.69 Å². The Balaban J connectivity index is 2.48. The van der Waals surface area contributed by atoms with Crippen molar-refractivity contribution in [3.05, 3.63) is 29.3 Å². The van der Waals surface area contributed by atoms with E-state index >= 15 is 0 Å². The average Bonchev–Trinajstić information content (AvgIpc) is 2.64. The van der Waals surface area contributed by atoms with Crippen LogP contribution in [-0.2, 0) is 13.5 Å². The van der Waals surface area contributed by atoms with Gasteiger partial charge >= 0.3 is 0 Å². The van der Waals surface area contributed by atoms with E-state index in [0.29, 0.717) is 5.15 Å². The fourth-order valence-electron chi connectivity index (χ4n) is 1.31. The highest BCUT2D eigenvalue weighted by molar-refractivity contribution is 6.29. The highest BCUT2D eigenvalue weighted by Crippen LogP contribution is 2.17. The van der Waals surface area contributed by atoms with E-state index in [1.165, 1.54) is 0 Å². The van der Waals surface area contributed by atoms with Gasteiger partial charge in [-0.25, -0.2) is 9.97 Å². The summed E-state index contributed by atoms with van der Waals surface area (Å²) >= 11 is 5.90. The lowest BCUT2D eigenvalue weighted by Crippen LogP contribution is -1.96. The Morgan fingerprint density at radius 1 is 1.33 bits per heavy atom. The maximum atomic E-state index is 5.90. The van der Waals surface area contributed by atoms with E-state index in [1.807, 2.05) is 26.2 Å². The molecule has 0 saturated heterocycles. The number of hydrogen-bond acceptors (Lipinski definition) is 3. The van der Waals surface area contributed by atoms with Gasteiger partial charge in [-0.3, -0.25) is 4.68 Å². The van der Waals surface area contributed by atoms with E-state index in [0.717, 1.165) is 23.6 Å². The molecule has 0 saturated carbocycles. The summed E-state index contributed by atoms with van der Waals surface area (Å²) in [7, 11) is 1.87. The van der Waals surface area contributed by atoms with Crippen LogP contribution in [0.25, 0.3) is 11.4 Å². The van der Waals surface area contributed by atoms with Crippen molar-refractivity contribution >= 4 is 11.6 Å². The highest BCUT2D eigenvalue weighted by Gasteiger charge is 2.06. The van der Waals surface area contributed by atoms with Crippen molar-refractivity contribution in [2.24, 2.45) is 7.05 Å². The molecule has 0 aromatic carbocycles. The predicted molar refractivity (Wildman–Crippen MR) is 58.6 cm³/mol. The van der Waals surface area contributed by atoms with Crippen LogP contribution in [0.1, 0.15) is 12.7 Å². The van der Waals surface area contributed by atoms with Gasteiger partial charge in [0, 0.05) is 25.7 Å². The molecule has 2 rings (SSSR count). The summed E-state index contributed by atoms with van der Waals surface area (Å²) < 4.78 is 1.73. The lowest BCUT2D eigenvalue weighted by Gasteiger charge is -2.00. The van der Waals surface area contributed by atoms with Gasteiger partial charge in [0.15, 0.2) is 0 Å². The number of aryl methyl sites for hydroxylation is 2. The largest absolute Gasteiger partial charge is 0.275 e. The van der Waals surface area contributed by atoms with Gasteiger partial charge in [-0.1, -0.05) is 18.5 Å². The monoisotopic (exact) mass is 222 g/mol. The van der Waals surface area contributed by atoms with E-state index in [9.17, 15) is 0 Å². The maximum absolute atomic E-state index is 5.90. The van der Waals surface area contributed by atoms with Crippen molar-refractivity contribution in [3.63, 3.8) is 0 Å². The normalized spacial score (nSPS) is 10.6. The number of hydrogen-bond donors (Lipinski definition) is 0. The minimum Gasteiger partial charge on any atom is -0.275 e. The van der Waals surface area contributed by atoms with E-state index in [2.05, 4.69) is 15.1 Å². The molecular formula is C10H11ClN4. The van der Waals surface area contributed by atoms with Gasteiger partial charge in [-0.2, -0.15) is 5.10 Å². The quantitative estimate of drug-likeness (QED) is 0.731. The van der Waals surface area contributed by atoms with Crippen molar-refractivity contribution in [1.29, 1.82) is 0 Å². The summed E-state index contributed by atoms with van der Waals surface area (Å²) in [5, 5.41) is 4.73. The second-order valence-electron chi connectivity index (χ2n) is 3.22. The molecule has 5 heteroatoms. The van der Waals surface area contributed by atoms with E-state index in [4.69, 9.17) is 11.6 Å². The van der Waals surface area contributed by atoms with Gasteiger partial charge in [0.2, 0.25) is 0 Å². The first-order valence-corrected chi connectivity index (χ1v) is 5.10. The summed E-state index contributed by atoms with van der Waals surface area (Å²) in [6.45, 7) is 1.99. The third kappa shape index (κ3) is 2.15. The molecule has 78 valence electrons. The van der Waals surface area contributed by atoms with Gasteiger partial charge in [0.25, 0.3) is 0 Å². The van der Waals surface area contributed by atoms with Crippen LogP contribution in [0.5, 0.6) is 0 Å². The predicted octanol–water partition coefficient (Wildman–Crippen LogP) is 2.09. The van der Waals surface area contributed by atoms with Gasteiger partial charge in [-0.15, -0.1) is 0 Å². The summed E-state index contributed by atoms with van der Waals surface area (Å²) in [6.07, 6.45) is 2.64. The molecule has 0 bridgehead atoms. The molecule has 0 aliphatic carbocycles. The standard InChI is InChI=1S/C10H11ClN4/c1-3-10-12-8(6-9(11)13-10)7-4-5-15(2)14-7/h4-6H,3H2,1-2H3. The third-order valence-electron chi connectivity index (χ3n) is 2.03. The fraction of sp³-hybridized carbons (Fsp3) is 0.300. The number of halogens is 1. The maximum Gasteiger partial charge on any atom is 0.133 e. The Bertz CT molecular complexity index is 478. The van der Waals surface area contributed by atoms with Crippen LogP contribution in [0.2, 0.25) is 5.15 Å². The number of aromatic nitrogens is 4. The van der Waals surface area contributed by atoms with Gasteiger partial charge in [-0.05, 0) is 6.07 Å². The van der Waals surface area contributed by atoms with Crippen LogP contribution in [0.3, 0.4) is 0 Å². The molecule has 0 aliphatic heterocycles. The second kappa shape index (κ2) is 3.98. The smallest absolute Gasteiger partial charge is 0.133 e. The average molecular weight is 223 g/mol. The minimum absolute atomic E-state index is 0.461. The molecule has 0 N–H and O–H groups in total. The van der Waals surface area contributed by atoms with Crippen molar-refractivity contribution in [2.45, 2.75) is 13.3 Å². The number of nitrogens with zero attached hydrogens (tertiary/aromatic N) is 4. The first-order valence-electron chi connectivity index (χ1n) is 4.72. The third-order valence-corrected chi connectivity index (χ3v) is 2.23. The van der Waals surface area contributed by atoms with Crippen LogP contribution in [0.15, 0.2) is 18.3 Å². The van der Waals surface area contributed by atoms with Crippen LogP contribution >= 0.6 is 11.6 Å². The SMILES string of the molecule is CCc1nc(Cl)cc(-c2ccn(C)n2)n1. The molecule has 0 radical (unpaired) electrons. The fourth-order valence-corrected chi connectivity index (χ4v) is 1.51. The van der Waals surface area contributed by atoms with Gasteiger partial charge < -0.3 is 0 Å². The van der Waals surface area contributed by atoms with Crippen molar-refractivity contribution in [2.75, 3.05) is 0 Å². The molecule has 0 spiro atoms. The van der Waals surface area contributed by atoms with Crippen molar-refractivity contribution in [3.8, 4) is 11.4 Å². The Hall–Kier alpha value is -1.42. The molecular weight excluding hydrogens is 212 g/mol. The molecule has 2 aromatic heterocycles. The molecule has 15 heavy (non-hydrogen) atoms. The second-order valence-corrected chi connectivity index (χ2v) is 3.61. The summed E-state index contributed by atoms with van der Waals surface area (Å²) in [5.74, 6) is 0.739. The first-order chi connectivity index (χ1) is 7.19. The van der Waals surface area contributed by atoms with Gasteiger partial charge in [0.1, 0.15) is 16.7 Å². The molecule has 0 fully saturated rings. The van der Waals surface area contributed by atoms with Crippen molar-refractivity contribution in [1.82, 2.24) is 19.7 Å². The van der Waals surface area contributed by atoms with E-state index in [1.54, 1.807) is 10.7 Å². The molecule has 4 nitrogen and oxygen atoms in total. The Kier molecular flexibility index (Phi) is 2.68. The molecule has 2 heterocycles. The Morgan fingerprint density at radius 3 is 2.73 bits per heavy atom. The summed E-state index contributed by atoms with van der Waals surface area (Å²) in [4.78, 5) is 8.47. The Morgan fingerprint density at radius 2 is 2.13 bits per heavy atom. The van der Waals surface area contributed by atoms with Crippen LogP contribution < -0.4 is 0 Å². The zero-order valence-corrected chi connectivity index (χ0v) is 9.36. The lowest BCUT2D eigenvalue weighted by molar-refractivity contribution is 0.769. The molecule has 0 amide bonds. The van der Waals surface area contributed by atoms with Crippen LogP contribution in [0.4, 0.5) is 0 Å². The van der Waals surface area contributed by atoms with E-state index < -0.39 is 0 Å². The number of rotatable bonds is 2. The molecule has 0 unspecified atom stereocenters. The molecule has 0 aliphatic rings. The molecule has 2 aromatic rings. The summed E-state index contributed by atoms with van der Waals surface area (Å²) in [5.41, 5.74) is 1.59. The van der Waals surface area contributed by atoms with Crippen LogP contribution in [-0.4, -0.2) is 19.7 Å². The van der Waals surface area contributed by atoms with E-state index in [-0.39, 0.29) is 0 Å². The van der Waals surface area contributed by atoms with Crippen molar-refractivity contribution < 1.29 is 0 Å². The zero-order valence-electron chi connectivity index (χ0n) is 8.61. The zero-order chi connectivity index (χ0) is 10.8. The highest BCUT2D eigenvalue weighted by atomic mass is 35.5. The Labute approximate surface area is 92.9 Å². The topological polar surface area (TPSA) is 43.6 Å². The van der Waals surface area contributed by atoms with Crippen LogP contribution in [0, 0.1) is 0 Å². The lowest BCUT2D eigenvalue weighted by atomic mass is 10.3. The first kappa shape index (κ1) is 10.1. The minimum atomic E-state index is 0.461. The summed E-state index contributed by atoms with van der Waals surface area (Å²) in [6, 6.07) is 3.63.